The minimum atomic E-state index is -0.562. The first kappa shape index (κ1) is 13.7. The lowest BCUT2D eigenvalue weighted by atomic mass is 10.1. The van der Waals surface area contributed by atoms with Crippen molar-refractivity contribution in [3.63, 3.8) is 0 Å². The van der Waals surface area contributed by atoms with Gasteiger partial charge in [-0.2, -0.15) is 0 Å². The van der Waals surface area contributed by atoms with Gasteiger partial charge in [0, 0.05) is 11.1 Å². The molecule has 0 spiro atoms. The number of hydrogen-bond donors (Lipinski definition) is 1. The quantitative estimate of drug-likeness (QED) is 0.794. The molecule has 0 aliphatic heterocycles. The SMILES string of the molecule is C#CCOc1c(OC)cc(C(N)=O)c(C)c1OC. The van der Waals surface area contributed by atoms with Crippen LogP contribution in [-0.2, 0) is 0 Å². The number of terminal acetylenes is 1. The third-order valence-corrected chi connectivity index (χ3v) is 2.44. The van der Waals surface area contributed by atoms with Gasteiger partial charge in [0.05, 0.1) is 14.2 Å². The molecule has 0 heterocycles. The molecule has 1 rings (SSSR count). The fraction of sp³-hybridized carbons (Fsp3) is 0.308. The van der Waals surface area contributed by atoms with Crippen LogP contribution < -0.4 is 19.9 Å². The second-order valence-electron chi connectivity index (χ2n) is 3.47. The van der Waals surface area contributed by atoms with E-state index in [1.807, 2.05) is 0 Å². The van der Waals surface area contributed by atoms with Crippen molar-refractivity contribution in [3.05, 3.63) is 17.2 Å². The number of methoxy groups -OCH3 is 2. The van der Waals surface area contributed by atoms with E-state index in [0.717, 1.165) is 0 Å². The third-order valence-electron chi connectivity index (χ3n) is 2.44. The predicted octanol–water partition coefficient (Wildman–Crippen LogP) is 1.12. The summed E-state index contributed by atoms with van der Waals surface area (Å²) in [5.41, 5.74) is 6.19. The molecule has 0 saturated carbocycles. The molecular formula is C13H15NO4. The van der Waals surface area contributed by atoms with E-state index >= 15 is 0 Å². The van der Waals surface area contributed by atoms with Crippen LogP contribution in [-0.4, -0.2) is 26.7 Å². The van der Waals surface area contributed by atoms with Gasteiger partial charge in [0.25, 0.3) is 0 Å². The summed E-state index contributed by atoms with van der Waals surface area (Å²) in [6.45, 7) is 1.78. The van der Waals surface area contributed by atoms with E-state index in [4.69, 9.17) is 26.4 Å². The summed E-state index contributed by atoms with van der Waals surface area (Å²) in [5.74, 6) is 2.89. The van der Waals surface area contributed by atoms with Crippen LogP contribution in [0.2, 0.25) is 0 Å². The van der Waals surface area contributed by atoms with Crippen LogP contribution in [0.3, 0.4) is 0 Å². The summed E-state index contributed by atoms with van der Waals surface area (Å²) < 4.78 is 15.8. The van der Waals surface area contributed by atoms with Crippen molar-refractivity contribution in [1.82, 2.24) is 0 Å². The topological polar surface area (TPSA) is 70.8 Å². The molecule has 1 aromatic carbocycles. The van der Waals surface area contributed by atoms with E-state index in [9.17, 15) is 4.79 Å². The Morgan fingerprint density at radius 1 is 1.39 bits per heavy atom. The highest BCUT2D eigenvalue weighted by Crippen LogP contribution is 2.41. The van der Waals surface area contributed by atoms with Gasteiger partial charge in [0.1, 0.15) is 6.61 Å². The molecule has 96 valence electrons. The Labute approximate surface area is 106 Å². The van der Waals surface area contributed by atoms with Gasteiger partial charge in [-0.15, -0.1) is 6.42 Å². The first-order valence-corrected chi connectivity index (χ1v) is 5.18. The second-order valence-corrected chi connectivity index (χ2v) is 3.47. The van der Waals surface area contributed by atoms with Crippen molar-refractivity contribution >= 4 is 5.91 Å². The Balaban J connectivity index is 3.45. The van der Waals surface area contributed by atoms with Crippen molar-refractivity contribution in [1.29, 1.82) is 0 Å². The Morgan fingerprint density at radius 3 is 2.50 bits per heavy atom. The van der Waals surface area contributed by atoms with E-state index in [1.165, 1.54) is 20.3 Å². The minimum absolute atomic E-state index is 0.0715. The fourth-order valence-corrected chi connectivity index (χ4v) is 1.61. The number of hydrogen-bond acceptors (Lipinski definition) is 4. The van der Waals surface area contributed by atoms with Gasteiger partial charge in [-0.05, 0) is 13.0 Å². The van der Waals surface area contributed by atoms with Crippen molar-refractivity contribution in [2.75, 3.05) is 20.8 Å². The fourth-order valence-electron chi connectivity index (χ4n) is 1.61. The first-order valence-electron chi connectivity index (χ1n) is 5.18. The molecule has 0 aliphatic rings. The Hall–Kier alpha value is -2.35. The monoisotopic (exact) mass is 249 g/mol. The maximum atomic E-state index is 11.3. The van der Waals surface area contributed by atoms with Gasteiger partial charge in [-0.1, -0.05) is 5.92 Å². The summed E-state index contributed by atoms with van der Waals surface area (Å²) in [7, 11) is 2.92. The predicted molar refractivity (Wildman–Crippen MR) is 67.1 cm³/mol. The second kappa shape index (κ2) is 5.82. The van der Waals surface area contributed by atoms with Gasteiger partial charge in [0.2, 0.25) is 11.7 Å². The molecule has 1 amide bonds. The number of carbonyl (C=O) groups excluding carboxylic acids is 1. The molecule has 0 fully saturated rings. The molecule has 2 N–H and O–H groups in total. The average molecular weight is 249 g/mol. The highest BCUT2D eigenvalue weighted by molar-refractivity contribution is 5.96. The number of benzene rings is 1. The van der Waals surface area contributed by atoms with E-state index in [0.29, 0.717) is 28.4 Å². The van der Waals surface area contributed by atoms with Crippen molar-refractivity contribution in [2.45, 2.75) is 6.92 Å². The van der Waals surface area contributed by atoms with Crippen LogP contribution in [0.4, 0.5) is 0 Å². The van der Waals surface area contributed by atoms with Crippen LogP contribution in [0.1, 0.15) is 15.9 Å². The maximum absolute atomic E-state index is 11.3. The van der Waals surface area contributed by atoms with Crippen molar-refractivity contribution < 1.29 is 19.0 Å². The van der Waals surface area contributed by atoms with Crippen LogP contribution in [0.15, 0.2) is 6.07 Å². The first-order chi connectivity index (χ1) is 8.56. The largest absolute Gasteiger partial charge is 0.493 e. The van der Waals surface area contributed by atoms with Crippen LogP contribution in [0, 0.1) is 19.3 Å². The van der Waals surface area contributed by atoms with E-state index in [-0.39, 0.29) is 6.61 Å². The lowest BCUT2D eigenvalue weighted by molar-refractivity contribution is 0.0999. The molecule has 0 bridgehead atoms. The summed E-state index contributed by atoms with van der Waals surface area (Å²) in [4.78, 5) is 11.3. The Kier molecular flexibility index (Phi) is 4.44. The molecule has 0 aromatic heterocycles. The van der Waals surface area contributed by atoms with Gasteiger partial charge in [0.15, 0.2) is 11.5 Å². The van der Waals surface area contributed by atoms with Gasteiger partial charge in [-0.3, -0.25) is 4.79 Å². The number of rotatable bonds is 5. The highest BCUT2D eigenvalue weighted by Gasteiger charge is 2.20. The van der Waals surface area contributed by atoms with Crippen LogP contribution >= 0.6 is 0 Å². The standard InChI is InChI=1S/C13H15NO4/c1-5-6-18-12-10(16-3)7-9(13(14)15)8(2)11(12)17-4/h1,7H,6H2,2-4H3,(H2,14,15). The average Bonchev–Trinajstić information content (AvgIpc) is 2.35. The maximum Gasteiger partial charge on any atom is 0.249 e. The molecule has 1 aromatic rings. The smallest absolute Gasteiger partial charge is 0.249 e. The zero-order valence-electron chi connectivity index (χ0n) is 10.6. The van der Waals surface area contributed by atoms with Crippen LogP contribution in [0.25, 0.3) is 0 Å². The van der Waals surface area contributed by atoms with E-state index < -0.39 is 5.91 Å². The lowest BCUT2D eigenvalue weighted by Crippen LogP contribution is -2.14. The molecule has 0 atom stereocenters. The third kappa shape index (κ3) is 2.48. The van der Waals surface area contributed by atoms with E-state index in [2.05, 4.69) is 5.92 Å². The summed E-state index contributed by atoms with van der Waals surface area (Å²) in [6, 6.07) is 1.51. The molecule has 18 heavy (non-hydrogen) atoms. The van der Waals surface area contributed by atoms with Gasteiger partial charge in [-0.25, -0.2) is 0 Å². The minimum Gasteiger partial charge on any atom is -0.493 e. The number of amides is 1. The molecule has 0 saturated heterocycles. The summed E-state index contributed by atoms with van der Waals surface area (Å²) in [5, 5.41) is 0. The highest BCUT2D eigenvalue weighted by atomic mass is 16.5. The van der Waals surface area contributed by atoms with Crippen molar-refractivity contribution in [3.8, 4) is 29.6 Å². The number of carbonyl (C=O) groups is 1. The normalized spacial score (nSPS) is 9.44. The molecule has 0 radical (unpaired) electrons. The van der Waals surface area contributed by atoms with Gasteiger partial charge < -0.3 is 19.9 Å². The van der Waals surface area contributed by atoms with E-state index in [1.54, 1.807) is 6.92 Å². The zero-order chi connectivity index (χ0) is 13.7. The molecule has 5 nitrogen and oxygen atoms in total. The summed E-state index contributed by atoms with van der Waals surface area (Å²) in [6.07, 6.45) is 5.14. The Morgan fingerprint density at radius 2 is 2.06 bits per heavy atom. The van der Waals surface area contributed by atoms with Crippen LogP contribution in [0.5, 0.6) is 17.2 Å². The molecule has 5 heteroatoms. The molecular weight excluding hydrogens is 234 g/mol. The number of ether oxygens (including phenoxy) is 3. The summed E-state index contributed by atoms with van der Waals surface area (Å²) >= 11 is 0. The number of nitrogens with two attached hydrogens (primary N) is 1. The molecule has 0 unspecified atom stereocenters. The molecule has 0 aliphatic carbocycles. The number of primary amides is 1. The zero-order valence-corrected chi connectivity index (χ0v) is 10.6. The van der Waals surface area contributed by atoms with Gasteiger partial charge >= 0.3 is 0 Å². The van der Waals surface area contributed by atoms with Crippen molar-refractivity contribution in [2.24, 2.45) is 5.73 Å². The lowest BCUT2D eigenvalue weighted by Gasteiger charge is -2.17. The Bertz CT molecular complexity index is 503.